The zero-order chi connectivity index (χ0) is 14.6. The molecule has 0 bridgehead atoms. The van der Waals surface area contributed by atoms with Crippen LogP contribution in [0.25, 0.3) is 0 Å². The second kappa shape index (κ2) is 22.9. The van der Waals surface area contributed by atoms with Crippen molar-refractivity contribution in [3.8, 4) is 0 Å². The van der Waals surface area contributed by atoms with Crippen molar-refractivity contribution in [1.82, 2.24) is 10.6 Å². The highest BCUT2D eigenvalue weighted by molar-refractivity contribution is 4.49. The lowest BCUT2D eigenvalue weighted by atomic mass is 10.3. The second-order valence-corrected chi connectivity index (χ2v) is 4.42. The van der Waals surface area contributed by atoms with Crippen LogP contribution in [0.3, 0.4) is 0 Å². The van der Waals surface area contributed by atoms with Crippen LogP contribution in [0.4, 0.5) is 0 Å². The van der Waals surface area contributed by atoms with Gasteiger partial charge in [-0.2, -0.15) is 0 Å². The van der Waals surface area contributed by atoms with Gasteiger partial charge in [-0.3, -0.25) is 0 Å². The summed E-state index contributed by atoms with van der Waals surface area (Å²) in [4.78, 5) is 0. The van der Waals surface area contributed by atoms with E-state index in [0.29, 0.717) is 0 Å². The molecule has 0 heterocycles. The molecule has 0 aromatic rings. The van der Waals surface area contributed by atoms with Gasteiger partial charge in [0.25, 0.3) is 0 Å². The Kier molecular flexibility index (Phi) is 25.4. The van der Waals surface area contributed by atoms with Crippen LogP contribution in [0.5, 0.6) is 0 Å². The van der Waals surface area contributed by atoms with Crippen LogP contribution in [-0.4, -0.2) is 52.4 Å². The second-order valence-electron chi connectivity index (χ2n) is 4.42. The summed E-state index contributed by atoms with van der Waals surface area (Å²) < 4.78 is 0. The zero-order valence-corrected chi connectivity index (χ0v) is 12.5. The number of hydrogen-bond donors (Lipinski definition) is 6. The molecule has 0 aromatic carbocycles. The molecule has 19 heavy (non-hydrogen) atoms. The van der Waals surface area contributed by atoms with Crippen LogP contribution in [0.2, 0.25) is 0 Å². The van der Waals surface area contributed by atoms with Crippen molar-refractivity contribution in [2.45, 2.75) is 32.1 Å². The van der Waals surface area contributed by atoms with Gasteiger partial charge in [0.1, 0.15) is 0 Å². The van der Waals surface area contributed by atoms with Gasteiger partial charge in [0.15, 0.2) is 0 Å². The summed E-state index contributed by atoms with van der Waals surface area (Å²) in [5.41, 5.74) is 21.2. The van der Waals surface area contributed by atoms with Gasteiger partial charge in [0, 0.05) is 0 Å². The van der Waals surface area contributed by atoms with Crippen LogP contribution in [-0.2, 0) is 0 Å². The maximum absolute atomic E-state index is 5.32. The minimum absolute atomic E-state index is 0.773. The fraction of sp³-hybridized carbons (Fsp3) is 1.00. The fourth-order valence-corrected chi connectivity index (χ4v) is 1.33. The third-order valence-corrected chi connectivity index (χ3v) is 2.48. The zero-order valence-electron chi connectivity index (χ0n) is 12.5. The monoisotopic (exact) mass is 276 g/mol. The van der Waals surface area contributed by atoms with E-state index in [1.165, 1.54) is 6.42 Å². The first kappa shape index (κ1) is 21.1. The molecule has 0 fully saturated rings. The molecule has 0 saturated heterocycles. The highest BCUT2D eigenvalue weighted by atomic mass is 14.9. The quantitative estimate of drug-likeness (QED) is 0.238. The molecule has 0 aromatic heterocycles. The molecule has 0 unspecified atom stereocenters. The van der Waals surface area contributed by atoms with Gasteiger partial charge in [-0.15, -0.1) is 0 Å². The SMILES string of the molecule is NCCCCNCCCN.NCCCNCCCN. The minimum Gasteiger partial charge on any atom is -0.330 e. The van der Waals surface area contributed by atoms with Gasteiger partial charge in [0.2, 0.25) is 0 Å². The maximum atomic E-state index is 5.32. The van der Waals surface area contributed by atoms with E-state index in [-0.39, 0.29) is 0 Å². The number of nitrogens with two attached hydrogens (primary N) is 4. The van der Waals surface area contributed by atoms with Crippen molar-refractivity contribution < 1.29 is 0 Å². The standard InChI is InChI=1S/C7H19N3.C6H17N3/c8-4-1-2-6-10-7-3-5-9;7-3-1-5-9-6-2-4-8/h10H,1-9H2;9H,1-8H2. The van der Waals surface area contributed by atoms with E-state index < -0.39 is 0 Å². The van der Waals surface area contributed by atoms with E-state index in [2.05, 4.69) is 10.6 Å². The van der Waals surface area contributed by atoms with Crippen molar-refractivity contribution in [3.63, 3.8) is 0 Å². The molecule has 118 valence electrons. The van der Waals surface area contributed by atoms with Crippen LogP contribution in [0, 0.1) is 0 Å². The van der Waals surface area contributed by atoms with Crippen LogP contribution < -0.4 is 33.6 Å². The summed E-state index contributed by atoms with van der Waals surface area (Å²) in [5.74, 6) is 0. The van der Waals surface area contributed by atoms with Crippen molar-refractivity contribution >= 4 is 0 Å². The van der Waals surface area contributed by atoms with E-state index >= 15 is 0 Å². The Hall–Kier alpha value is -0.240. The molecular weight excluding hydrogens is 240 g/mol. The van der Waals surface area contributed by atoms with Crippen LogP contribution in [0.15, 0.2) is 0 Å². The average Bonchev–Trinajstić information content (AvgIpc) is 2.43. The van der Waals surface area contributed by atoms with Gasteiger partial charge < -0.3 is 33.6 Å². The van der Waals surface area contributed by atoms with Gasteiger partial charge in [0.05, 0.1) is 0 Å². The number of hydrogen-bond acceptors (Lipinski definition) is 6. The Morgan fingerprint density at radius 3 is 1.05 bits per heavy atom. The number of rotatable bonds is 13. The summed E-state index contributed by atoms with van der Waals surface area (Å²) in [6, 6.07) is 0. The van der Waals surface area contributed by atoms with E-state index in [4.69, 9.17) is 22.9 Å². The highest BCUT2D eigenvalue weighted by Gasteiger charge is 1.85. The van der Waals surface area contributed by atoms with Gasteiger partial charge >= 0.3 is 0 Å². The Labute approximate surface area is 119 Å². The van der Waals surface area contributed by atoms with E-state index in [1.807, 2.05) is 0 Å². The molecule has 0 radical (unpaired) electrons. The Morgan fingerprint density at radius 2 is 0.737 bits per heavy atom. The maximum Gasteiger partial charge on any atom is -0.00369 e. The first-order chi connectivity index (χ1) is 9.33. The molecule has 0 aliphatic rings. The summed E-state index contributed by atoms with van der Waals surface area (Å²) in [7, 11) is 0. The minimum atomic E-state index is 0.773. The summed E-state index contributed by atoms with van der Waals surface area (Å²) in [5, 5.41) is 6.51. The smallest absolute Gasteiger partial charge is 0.00369 e. The van der Waals surface area contributed by atoms with Crippen LogP contribution in [0.1, 0.15) is 32.1 Å². The molecule has 6 heteroatoms. The topological polar surface area (TPSA) is 128 Å². The largest absolute Gasteiger partial charge is 0.330 e. The van der Waals surface area contributed by atoms with Crippen LogP contribution >= 0.6 is 0 Å². The number of unbranched alkanes of at least 4 members (excludes halogenated alkanes) is 1. The lowest BCUT2D eigenvalue weighted by Gasteiger charge is -2.01. The lowest BCUT2D eigenvalue weighted by Crippen LogP contribution is -2.21. The molecule has 0 amide bonds. The molecule has 0 rings (SSSR count). The third-order valence-electron chi connectivity index (χ3n) is 2.48. The van der Waals surface area contributed by atoms with Gasteiger partial charge in [-0.1, -0.05) is 0 Å². The molecule has 0 spiro atoms. The van der Waals surface area contributed by atoms with Crippen molar-refractivity contribution in [2.75, 3.05) is 52.4 Å². The average molecular weight is 276 g/mol. The fourth-order valence-electron chi connectivity index (χ4n) is 1.33. The van der Waals surface area contributed by atoms with Crippen molar-refractivity contribution in [2.24, 2.45) is 22.9 Å². The molecule has 6 nitrogen and oxygen atoms in total. The lowest BCUT2D eigenvalue weighted by molar-refractivity contribution is 0.611. The van der Waals surface area contributed by atoms with E-state index in [0.717, 1.165) is 78.0 Å². The number of nitrogens with one attached hydrogen (secondary N) is 2. The predicted molar refractivity (Wildman–Crippen MR) is 85.0 cm³/mol. The van der Waals surface area contributed by atoms with Gasteiger partial charge in [-0.25, -0.2) is 0 Å². The normalized spacial score (nSPS) is 10.1. The Bertz CT molecular complexity index is 120. The van der Waals surface area contributed by atoms with Crippen molar-refractivity contribution in [1.29, 1.82) is 0 Å². The van der Waals surface area contributed by atoms with E-state index in [9.17, 15) is 0 Å². The first-order valence-corrected chi connectivity index (χ1v) is 7.55. The summed E-state index contributed by atoms with van der Waals surface area (Å²) in [6.07, 6.45) is 5.49. The van der Waals surface area contributed by atoms with Crippen molar-refractivity contribution in [3.05, 3.63) is 0 Å². The van der Waals surface area contributed by atoms with E-state index in [1.54, 1.807) is 0 Å². The third kappa shape index (κ3) is 27.1. The molecular formula is C13H36N6. The molecule has 10 N–H and O–H groups in total. The molecule has 0 aliphatic heterocycles. The Morgan fingerprint density at radius 1 is 0.421 bits per heavy atom. The Balaban J connectivity index is 0. The first-order valence-electron chi connectivity index (χ1n) is 7.55. The molecule has 0 aliphatic carbocycles. The highest BCUT2D eigenvalue weighted by Crippen LogP contribution is 1.81. The molecule has 0 atom stereocenters. The predicted octanol–water partition coefficient (Wildman–Crippen LogP) is -1.06. The summed E-state index contributed by atoms with van der Waals surface area (Å²) in [6.45, 7) is 7.30. The molecule has 0 saturated carbocycles. The summed E-state index contributed by atoms with van der Waals surface area (Å²) >= 11 is 0. The van der Waals surface area contributed by atoms with Gasteiger partial charge in [-0.05, 0) is 84.5 Å².